The van der Waals surface area contributed by atoms with E-state index in [0.717, 1.165) is 11.1 Å². The second-order valence-corrected chi connectivity index (χ2v) is 6.94. The number of carbonyl (C=O) groups is 1. The summed E-state index contributed by atoms with van der Waals surface area (Å²) in [5.41, 5.74) is 1.75. The fourth-order valence-corrected chi connectivity index (χ4v) is 3.58. The highest BCUT2D eigenvalue weighted by molar-refractivity contribution is 5.80. The van der Waals surface area contributed by atoms with E-state index < -0.39 is 0 Å². The molecule has 0 aliphatic carbocycles. The summed E-state index contributed by atoms with van der Waals surface area (Å²) >= 11 is 0. The Morgan fingerprint density at radius 3 is 2.76 bits per heavy atom. The van der Waals surface area contributed by atoms with E-state index in [0.29, 0.717) is 36.2 Å². The van der Waals surface area contributed by atoms with Crippen LogP contribution in [0.3, 0.4) is 0 Å². The molecule has 0 N–H and O–H groups in total. The van der Waals surface area contributed by atoms with Gasteiger partial charge in [0.25, 0.3) is 0 Å². The highest BCUT2D eigenvalue weighted by Gasteiger charge is 2.37. The van der Waals surface area contributed by atoms with Crippen molar-refractivity contribution in [3.8, 4) is 22.9 Å². The van der Waals surface area contributed by atoms with Crippen LogP contribution in [0.15, 0.2) is 47.2 Å². The Balaban J connectivity index is 1.52. The first-order chi connectivity index (χ1) is 14.1. The Morgan fingerprint density at radius 2 is 2.03 bits per heavy atom. The number of carbonyl (C=O) groups excluding carboxylic acids is 1. The van der Waals surface area contributed by atoms with Crippen molar-refractivity contribution in [3.63, 3.8) is 0 Å². The molecule has 8 nitrogen and oxygen atoms in total. The van der Waals surface area contributed by atoms with Crippen molar-refractivity contribution in [2.45, 2.75) is 25.3 Å². The van der Waals surface area contributed by atoms with Gasteiger partial charge in [0, 0.05) is 30.9 Å². The van der Waals surface area contributed by atoms with Crippen LogP contribution in [0.4, 0.5) is 0 Å². The maximum absolute atomic E-state index is 12.7. The van der Waals surface area contributed by atoms with Crippen molar-refractivity contribution >= 4 is 5.91 Å². The minimum atomic E-state index is -0.136. The quantitative estimate of drug-likeness (QED) is 0.634. The van der Waals surface area contributed by atoms with Gasteiger partial charge in [0.05, 0.1) is 26.2 Å². The molecule has 3 heterocycles. The molecule has 0 spiro atoms. The molecule has 0 saturated carbocycles. The van der Waals surface area contributed by atoms with E-state index in [1.54, 1.807) is 26.6 Å². The number of amides is 1. The molecule has 1 aliphatic heterocycles. The molecule has 3 aromatic rings. The van der Waals surface area contributed by atoms with E-state index in [1.807, 2.05) is 42.2 Å². The summed E-state index contributed by atoms with van der Waals surface area (Å²) in [7, 11) is 3.19. The van der Waals surface area contributed by atoms with Crippen molar-refractivity contribution in [3.05, 3.63) is 54.2 Å². The predicted octanol–water partition coefficient (Wildman–Crippen LogP) is 3.23. The standard InChI is InChI=1S/C21H22N4O4/c1-13(14-6-7-17(27-2)18(9-14)28-3)25-12-16(10-19(25)26)21-23-20(24-29-21)15-5-4-8-22-11-15/h4-9,11,13,16H,10,12H2,1-3H3. The van der Waals surface area contributed by atoms with Gasteiger partial charge in [-0.3, -0.25) is 9.78 Å². The minimum Gasteiger partial charge on any atom is -0.493 e. The molecule has 1 aromatic carbocycles. The van der Waals surface area contributed by atoms with E-state index in [4.69, 9.17) is 14.0 Å². The van der Waals surface area contributed by atoms with Gasteiger partial charge in [-0.15, -0.1) is 0 Å². The summed E-state index contributed by atoms with van der Waals surface area (Å²) in [4.78, 5) is 23.1. The van der Waals surface area contributed by atoms with E-state index in [-0.39, 0.29) is 17.9 Å². The fraction of sp³-hybridized carbons (Fsp3) is 0.333. The number of hydrogen-bond donors (Lipinski definition) is 0. The molecule has 150 valence electrons. The van der Waals surface area contributed by atoms with E-state index in [9.17, 15) is 4.79 Å². The molecule has 29 heavy (non-hydrogen) atoms. The van der Waals surface area contributed by atoms with Gasteiger partial charge >= 0.3 is 0 Å². The first kappa shape index (κ1) is 18.9. The van der Waals surface area contributed by atoms with E-state index in [1.165, 1.54) is 0 Å². The Morgan fingerprint density at radius 1 is 1.21 bits per heavy atom. The number of pyridine rings is 1. The zero-order chi connectivity index (χ0) is 20.4. The minimum absolute atomic E-state index is 0.0541. The SMILES string of the molecule is COc1ccc(C(C)N2CC(c3nc(-c4cccnc4)no3)CC2=O)cc1OC. The van der Waals surface area contributed by atoms with Gasteiger partial charge in [0.15, 0.2) is 11.5 Å². The third kappa shape index (κ3) is 3.65. The summed E-state index contributed by atoms with van der Waals surface area (Å²) in [5, 5.41) is 4.04. The van der Waals surface area contributed by atoms with E-state index in [2.05, 4.69) is 15.1 Å². The molecule has 4 rings (SSSR count). The summed E-state index contributed by atoms with van der Waals surface area (Å²) in [5.74, 6) is 2.16. The molecule has 0 radical (unpaired) electrons. The highest BCUT2D eigenvalue weighted by atomic mass is 16.5. The van der Waals surface area contributed by atoms with Crippen molar-refractivity contribution in [1.82, 2.24) is 20.0 Å². The summed E-state index contributed by atoms with van der Waals surface area (Å²) < 4.78 is 16.1. The lowest BCUT2D eigenvalue weighted by atomic mass is 10.1. The molecule has 8 heteroatoms. The van der Waals surface area contributed by atoms with Crippen molar-refractivity contribution in [2.75, 3.05) is 20.8 Å². The van der Waals surface area contributed by atoms with Crippen LogP contribution in [-0.2, 0) is 4.79 Å². The van der Waals surface area contributed by atoms with Crippen LogP contribution in [0.1, 0.15) is 36.8 Å². The van der Waals surface area contributed by atoms with E-state index >= 15 is 0 Å². The van der Waals surface area contributed by atoms with Gasteiger partial charge in [-0.05, 0) is 36.8 Å². The lowest BCUT2D eigenvalue weighted by molar-refractivity contribution is -0.129. The third-order valence-corrected chi connectivity index (χ3v) is 5.23. The number of nitrogens with zero attached hydrogens (tertiary/aromatic N) is 4. The van der Waals surface area contributed by atoms with Crippen LogP contribution in [0.2, 0.25) is 0 Å². The van der Waals surface area contributed by atoms with Crippen LogP contribution in [0, 0.1) is 0 Å². The zero-order valence-corrected chi connectivity index (χ0v) is 16.5. The maximum Gasteiger partial charge on any atom is 0.232 e. The zero-order valence-electron chi connectivity index (χ0n) is 16.5. The van der Waals surface area contributed by atoms with Gasteiger partial charge in [0.2, 0.25) is 17.6 Å². The fourth-order valence-electron chi connectivity index (χ4n) is 3.58. The lowest BCUT2D eigenvalue weighted by Crippen LogP contribution is -2.28. The highest BCUT2D eigenvalue weighted by Crippen LogP contribution is 2.36. The normalized spacial score (nSPS) is 17.4. The average Bonchev–Trinajstić information content (AvgIpc) is 3.40. The number of methoxy groups -OCH3 is 2. The van der Waals surface area contributed by atoms with Crippen LogP contribution < -0.4 is 9.47 Å². The van der Waals surface area contributed by atoms with Crippen LogP contribution in [-0.4, -0.2) is 46.7 Å². The number of ether oxygens (including phenoxy) is 2. The Labute approximate surface area is 168 Å². The summed E-state index contributed by atoms with van der Waals surface area (Å²) in [6.07, 6.45) is 3.71. The third-order valence-electron chi connectivity index (χ3n) is 5.23. The topological polar surface area (TPSA) is 90.6 Å². The summed E-state index contributed by atoms with van der Waals surface area (Å²) in [6.45, 7) is 2.51. The van der Waals surface area contributed by atoms with Crippen molar-refractivity contribution in [2.24, 2.45) is 0 Å². The maximum atomic E-state index is 12.7. The lowest BCUT2D eigenvalue weighted by Gasteiger charge is -2.25. The van der Waals surface area contributed by atoms with Crippen molar-refractivity contribution in [1.29, 1.82) is 0 Å². The van der Waals surface area contributed by atoms with Gasteiger partial charge in [-0.2, -0.15) is 4.98 Å². The smallest absolute Gasteiger partial charge is 0.232 e. The molecule has 2 atom stereocenters. The molecule has 1 saturated heterocycles. The average molecular weight is 394 g/mol. The first-order valence-corrected chi connectivity index (χ1v) is 9.36. The van der Waals surface area contributed by atoms with Gasteiger partial charge in [-0.25, -0.2) is 0 Å². The van der Waals surface area contributed by atoms with Gasteiger partial charge < -0.3 is 18.9 Å². The monoisotopic (exact) mass is 394 g/mol. The Kier molecular flexibility index (Phi) is 5.16. The first-order valence-electron chi connectivity index (χ1n) is 9.36. The van der Waals surface area contributed by atoms with Crippen molar-refractivity contribution < 1.29 is 18.8 Å². The Bertz CT molecular complexity index is 1000. The molecule has 1 fully saturated rings. The largest absolute Gasteiger partial charge is 0.493 e. The molecule has 2 aromatic heterocycles. The van der Waals surface area contributed by atoms with Gasteiger partial charge in [-0.1, -0.05) is 11.2 Å². The second-order valence-electron chi connectivity index (χ2n) is 6.94. The summed E-state index contributed by atoms with van der Waals surface area (Å²) in [6, 6.07) is 9.26. The van der Waals surface area contributed by atoms with Gasteiger partial charge in [0.1, 0.15) is 0 Å². The van der Waals surface area contributed by atoms with Crippen LogP contribution in [0.25, 0.3) is 11.4 Å². The number of likely N-dealkylation sites (tertiary alicyclic amines) is 1. The molecule has 1 aliphatic rings. The van der Waals surface area contributed by atoms with Crippen LogP contribution in [0.5, 0.6) is 11.5 Å². The predicted molar refractivity (Wildman–Crippen MR) is 105 cm³/mol. The molecule has 0 bridgehead atoms. The van der Waals surface area contributed by atoms with Crippen LogP contribution >= 0.6 is 0 Å². The molecular formula is C21H22N4O4. The molecular weight excluding hydrogens is 372 g/mol. The second kappa shape index (κ2) is 7.90. The Hall–Kier alpha value is -3.42. The number of benzene rings is 1. The molecule has 1 amide bonds. The number of hydrogen-bond acceptors (Lipinski definition) is 7. The number of rotatable bonds is 6. The number of aromatic nitrogens is 3. The molecule has 2 unspecified atom stereocenters.